The molecule has 112 valence electrons. The van der Waals surface area contributed by atoms with Crippen LogP contribution >= 0.6 is 0 Å². The summed E-state index contributed by atoms with van der Waals surface area (Å²) in [5, 5.41) is 9.57. The number of hydrogen-bond acceptors (Lipinski definition) is 5. The molecule has 2 heterocycles. The lowest BCUT2D eigenvalue weighted by molar-refractivity contribution is -0.116. The number of amides is 1. The summed E-state index contributed by atoms with van der Waals surface area (Å²) < 4.78 is 0. The van der Waals surface area contributed by atoms with Crippen molar-refractivity contribution in [2.24, 2.45) is 0 Å². The minimum Gasteiger partial charge on any atom is -0.310 e. The van der Waals surface area contributed by atoms with Gasteiger partial charge < -0.3 is 4.98 Å². The van der Waals surface area contributed by atoms with E-state index in [1.165, 1.54) is 0 Å². The number of aromatic amines is 2. The lowest BCUT2D eigenvalue weighted by Crippen LogP contribution is -2.16. The Hall–Kier alpha value is -3.03. The van der Waals surface area contributed by atoms with Gasteiger partial charge in [0, 0.05) is 12.8 Å². The van der Waals surface area contributed by atoms with Gasteiger partial charge in [0.25, 0.3) is 5.56 Å². The van der Waals surface area contributed by atoms with Crippen LogP contribution in [0.5, 0.6) is 0 Å². The first-order valence-electron chi connectivity index (χ1n) is 6.78. The molecule has 0 aliphatic carbocycles. The van der Waals surface area contributed by atoms with E-state index in [-0.39, 0.29) is 23.8 Å². The van der Waals surface area contributed by atoms with Gasteiger partial charge in [0.1, 0.15) is 11.6 Å². The van der Waals surface area contributed by atoms with E-state index in [1.54, 1.807) is 25.1 Å². The number of fused-ring (bicyclic) bond motifs is 1. The average molecular weight is 298 g/mol. The highest BCUT2D eigenvalue weighted by molar-refractivity contribution is 5.89. The van der Waals surface area contributed by atoms with Crippen LogP contribution in [-0.4, -0.2) is 31.1 Å². The van der Waals surface area contributed by atoms with Crippen molar-refractivity contribution in [2.75, 3.05) is 5.32 Å². The molecule has 3 aromatic rings. The van der Waals surface area contributed by atoms with E-state index in [0.717, 1.165) is 0 Å². The fourth-order valence-electron chi connectivity index (χ4n) is 2.07. The topological polar surface area (TPSA) is 116 Å². The van der Waals surface area contributed by atoms with Gasteiger partial charge in [-0.25, -0.2) is 4.98 Å². The third-order valence-corrected chi connectivity index (χ3v) is 3.10. The molecule has 1 amide bonds. The Morgan fingerprint density at radius 3 is 2.86 bits per heavy atom. The molecule has 8 nitrogen and oxygen atoms in total. The maximum absolute atomic E-state index is 11.9. The molecule has 0 unspecified atom stereocenters. The van der Waals surface area contributed by atoms with Crippen LogP contribution in [0.15, 0.2) is 29.1 Å². The van der Waals surface area contributed by atoms with Crippen LogP contribution in [0.4, 0.5) is 5.95 Å². The number of aromatic nitrogens is 5. The Kier molecular flexibility index (Phi) is 3.65. The van der Waals surface area contributed by atoms with Gasteiger partial charge in [-0.3, -0.25) is 20.0 Å². The second-order valence-electron chi connectivity index (χ2n) is 4.82. The Bertz CT molecular complexity index is 882. The third-order valence-electron chi connectivity index (χ3n) is 3.10. The van der Waals surface area contributed by atoms with Gasteiger partial charge >= 0.3 is 0 Å². The first-order chi connectivity index (χ1) is 10.6. The van der Waals surface area contributed by atoms with Crippen molar-refractivity contribution >= 4 is 22.8 Å². The number of nitrogens with one attached hydrogen (secondary N) is 3. The lowest BCUT2D eigenvalue weighted by Gasteiger charge is -2.03. The first kappa shape index (κ1) is 13.9. The van der Waals surface area contributed by atoms with Crippen LogP contribution in [0.2, 0.25) is 0 Å². The quantitative estimate of drug-likeness (QED) is 0.662. The van der Waals surface area contributed by atoms with E-state index in [0.29, 0.717) is 29.0 Å². The Morgan fingerprint density at radius 2 is 2.09 bits per heavy atom. The summed E-state index contributed by atoms with van der Waals surface area (Å²) in [6.07, 6.45) is 0.504. The van der Waals surface area contributed by atoms with Crippen molar-refractivity contribution in [2.45, 2.75) is 19.8 Å². The van der Waals surface area contributed by atoms with Gasteiger partial charge in [0.2, 0.25) is 11.9 Å². The number of benzene rings is 1. The van der Waals surface area contributed by atoms with Crippen molar-refractivity contribution in [3.8, 4) is 0 Å². The molecule has 0 saturated heterocycles. The number of carbonyl (C=O) groups is 1. The zero-order valence-electron chi connectivity index (χ0n) is 11.9. The summed E-state index contributed by atoms with van der Waals surface area (Å²) in [4.78, 5) is 34.8. The van der Waals surface area contributed by atoms with E-state index in [9.17, 15) is 9.59 Å². The number of aryl methyl sites for hydroxylation is 2. The van der Waals surface area contributed by atoms with Gasteiger partial charge in [-0.1, -0.05) is 12.1 Å². The minimum atomic E-state index is -0.241. The summed E-state index contributed by atoms with van der Waals surface area (Å²) in [5.41, 5.74) is 0.414. The highest BCUT2D eigenvalue weighted by atomic mass is 16.1. The summed E-state index contributed by atoms with van der Waals surface area (Å²) in [5.74, 6) is 1.10. The molecule has 0 aliphatic heterocycles. The normalized spacial score (nSPS) is 10.8. The molecule has 8 heteroatoms. The SMILES string of the molecule is Cc1nc(NC(=O)CCc2nc3ccccc3c(=O)[nH]2)n[nH]1. The van der Waals surface area contributed by atoms with Crippen LogP contribution in [0.1, 0.15) is 18.1 Å². The second kappa shape index (κ2) is 5.76. The van der Waals surface area contributed by atoms with Gasteiger partial charge in [-0.2, -0.15) is 4.98 Å². The fraction of sp³-hybridized carbons (Fsp3) is 0.214. The van der Waals surface area contributed by atoms with Gasteiger partial charge in [-0.15, -0.1) is 5.10 Å². The molecule has 0 aliphatic rings. The van der Waals surface area contributed by atoms with Crippen LogP contribution < -0.4 is 10.9 Å². The van der Waals surface area contributed by atoms with Gasteiger partial charge in [-0.05, 0) is 19.1 Å². The number of nitrogens with zero attached hydrogens (tertiary/aromatic N) is 3. The second-order valence-corrected chi connectivity index (χ2v) is 4.82. The first-order valence-corrected chi connectivity index (χ1v) is 6.78. The maximum Gasteiger partial charge on any atom is 0.258 e. The molecule has 0 radical (unpaired) electrons. The number of hydrogen-bond donors (Lipinski definition) is 3. The molecule has 22 heavy (non-hydrogen) atoms. The number of anilines is 1. The monoisotopic (exact) mass is 298 g/mol. The number of rotatable bonds is 4. The number of para-hydroxylation sites is 1. The van der Waals surface area contributed by atoms with Gasteiger partial charge in [0.05, 0.1) is 10.9 Å². The Morgan fingerprint density at radius 1 is 1.27 bits per heavy atom. The van der Waals surface area contributed by atoms with Crippen LogP contribution in [-0.2, 0) is 11.2 Å². The lowest BCUT2D eigenvalue weighted by atomic mass is 10.2. The average Bonchev–Trinajstić information content (AvgIpc) is 2.90. The standard InChI is InChI=1S/C14H14N6O2/c1-8-15-14(20-19-8)18-12(21)7-6-11-16-10-5-3-2-4-9(10)13(22)17-11/h2-5H,6-7H2,1H3,(H,16,17,22)(H2,15,18,19,20,21). The molecule has 0 fully saturated rings. The largest absolute Gasteiger partial charge is 0.310 e. The molecule has 1 aromatic carbocycles. The predicted octanol–water partition coefficient (Wildman–Crippen LogP) is 0.921. The summed E-state index contributed by atoms with van der Waals surface area (Å²) in [6.45, 7) is 1.74. The number of H-pyrrole nitrogens is 2. The van der Waals surface area contributed by atoms with Crippen molar-refractivity contribution in [3.05, 3.63) is 46.3 Å². The van der Waals surface area contributed by atoms with E-state index >= 15 is 0 Å². The van der Waals surface area contributed by atoms with E-state index in [2.05, 4.69) is 30.5 Å². The zero-order valence-corrected chi connectivity index (χ0v) is 11.9. The maximum atomic E-state index is 11.9. The minimum absolute atomic E-state index is 0.175. The van der Waals surface area contributed by atoms with E-state index in [4.69, 9.17) is 0 Å². The molecule has 0 atom stereocenters. The summed E-state index contributed by atoms with van der Waals surface area (Å²) >= 11 is 0. The molecule has 0 spiro atoms. The molecule has 0 saturated carbocycles. The van der Waals surface area contributed by atoms with Crippen LogP contribution in [0, 0.1) is 6.92 Å². The van der Waals surface area contributed by atoms with Crippen molar-refractivity contribution in [1.82, 2.24) is 25.1 Å². The molecule has 3 N–H and O–H groups in total. The molecular formula is C14H14N6O2. The Labute approximate surface area is 125 Å². The fourth-order valence-corrected chi connectivity index (χ4v) is 2.07. The molecule has 3 rings (SSSR count). The molecule has 0 bridgehead atoms. The highest BCUT2D eigenvalue weighted by Crippen LogP contribution is 2.07. The van der Waals surface area contributed by atoms with Crippen LogP contribution in [0.3, 0.4) is 0 Å². The highest BCUT2D eigenvalue weighted by Gasteiger charge is 2.09. The van der Waals surface area contributed by atoms with Crippen molar-refractivity contribution in [3.63, 3.8) is 0 Å². The van der Waals surface area contributed by atoms with E-state index in [1.807, 2.05) is 6.07 Å². The van der Waals surface area contributed by atoms with Crippen molar-refractivity contribution in [1.29, 1.82) is 0 Å². The van der Waals surface area contributed by atoms with Crippen molar-refractivity contribution < 1.29 is 4.79 Å². The molecule has 2 aromatic heterocycles. The third kappa shape index (κ3) is 3.00. The van der Waals surface area contributed by atoms with E-state index < -0.39 is 0 Å². The predicted molar refractivity (Wildman–Crippen MR) is 80.4 cm³/mol. The molecular weight excluding hydrogens is 284 g/mol. The zero-order chi connectivity index (χ0) is 15.5. The smallest absolute Gasteiger partial charge is 0.258 e. The summed E-state index contributed by atoms with van der Waals surface area (Å²) in [6, 6.07) is 7.08. The number of carbonyl (C=O) groups excluding carboxylic acids is 1. The summed E-state index contributed by atoms with van der Waals surface area (Å²) in [7, 11) is 0. The van der Waals surface area contributed by atoms with Gasteiger partial charge in [0.15, 0.2) is 0 Å². The Balaban J connectivity index is 1.68. The van der Waals surface area contributed by atoms with Crippen LogP contribution in [0.25, 0.3) is 10.9 Å².